The molecule has 2 aromatic rings. The minimum Gasteiger partial charge on any atom is -0.322 e. The average molecular weight is 519 g/mol. The van der Waals surface area contributed by atoms with Crippen LogP contribution in [0.3, 0.4) is 0 Å². The second kappa shape index (κ2) is 7.64. The molecule has 34 heavy (non-hydrogen) atoms. The highest BCUT2D eigenvalue weighted by Crippen LogP contribution is 2.50. The second-order valence-electron chi connectivity index (χ2n) is 7.79. The maximum atomic E-state index is 13.0. The first-order valence-electron chi connectivity index (χ1n) is 9.48. The Morgan fingerprint density at radius 3 is 2.38 bits per heavy atom. The number of amides is 3. The van der Waals surface area contributed by atoms with Gasteiger partial charge in [-0.15, -0.1) is 0 Å². The van der Waals surface area contributed by atoms with E-state index in [1.807, 2.05) is 4.72 Å². The number of anilines is 2. The van der Waals surface area contributed by atoms with Crippen molar-refractivity contribution in [3.05, 3.63) is 48.2 Å². The van der Waals surface area contributed by atoms with Gasteiger partial charge in [0.15, 0.2) is 0 Å². The molecule has 1 aromatic heterocycles. The van der Waals surface area contributed by atoms with E-state index in [1.54, 1.807) is 6.07 Å². The van der Waals surface area contributed by atoms with Gasteiger partial charge in [0, 0.05) is 6.20 Å². The number of aromatic nitrogens is 1. The summed E-state index contributed by atoms with van der Waals surface area (Å²) in [5.74, 6) is -0.999. The fourth-order valence-corrected chi connectivity index (χ4v) is 4.98. The number of rotatable bonds is 6. The summed E-state index contributed by atoms with van der Waals surface area (Å²) in [7, 11) is -9.61. The Bertz CT molecular complexity index is 1400. The van der Waals surface area contributed by atoms with Gasteiger partial charge in [-0.2, -0.15) is 21.6 Å². The van der Waals surface area contributed by atoms with Crippen LogP contribution >= 0.6 is 0 Å². The third-order valence-corrected chi connectivity index (χ3v) is 7.48. The Hall–Kier alpha value is -3.24. The number of benzene rings is 1. The van der Waals surface area contributed by atoms with E-state index in [0.29, 0.717) is 17.7 Å². The van der Waals surface area contributed by atoms with E-state index in [-0.39, 0.29) is 30.3 Å². The largest absolute Gasteiger partial charge is 0.501 e. The highest BCUT2D eigenvalue weighted by atomic mass is 32.2. The number of nitrogens with two attached hydrogens (primary N) is 1. The maximum Gasteiger partial charge on any atom is 0.501 e. The van der Waals surface area contributed by atoms with E-state index in [9.17, 15) is 39.6 Å². The number of hydrogen-bond acceptors (Lipinski definition) is 7. The Labute approximate surface area is 191 Å². The topological polar surface area (TPSA) is 169 Å². The fourth-order valence-electron chi connectivity index (χ4n) is 3.81. The van der Waals surface area contributed by atoms with Crippen LogP contribution in [0.5, 0.6) is 0 Å². The highest BCUT2D eigenvalue weighted by Gasteiger charge is 2.67. The van der Waals surface area contributed by atoms with Crippen LogP contribution in [0.4, 0.5) is 29.5 Å². The highest BCUT2D eigenvalue weighted by molar-refractivity contribution is 7.92. The van der Waals surface area contributed by atoms with E-state index in [4.69, 9.17) is 5.14 Å². The van der Waals surface area contributed by atoms with Gasteiger partial charge in [0.05, 0.1) is 10.6 Å². The summed E-state index contributed by atoms with van der Waals surface area (Å²) in [6, 6.07) is 5.46. The van der Waals surface area contributed by atoms with Crippen LogP contribution in [-0.4, -0.2) is 44.8 Å². The van der Waals surface area contributed by atoms with Crippen LogP contribution in [0, 0.1) is 5.92 Å². The number of carbonyl (C=O) groups is 2. The van der Waals surface area contributed by atoms with Crippen LogP contribution < -0.4 is 20.1 Å². The van der Waals surface area contributed by atoms with E-state index < -0.39 is 47.9 Å². The summed E-state index contributed by atoms with van der Waals surface area (Å²) in [6.07, 6.45) is 1.90. The Morgan fingerprint density at radius 1 is 1.15 bits per heavy atom. The molecule has 1 saturated carbocycles. The SMILES string of the molecule is NS(=O)(=O)Nc1cc(CC2CC23NC(=O)N(c2ccc(S(=O)(=O)C(F)(F)F)cc2)C3=O)ccn1. The zero-order chi connectivity index (χ0) is 25.1. The monoisotopic (exact) mass is 519 g/mol. The second-order valence-corrected chi connectivity index (χ2v) is 11.0. The molecule has 11 nitrogen and oxygen atoms in total. The van der Waals surface area contributed by atoms with Gasteiger partial charge in [-0.3, -0.25) is 9.52 Å². The minimum absolute atomic E-state index is 0.0213. The third kappa shape index (κ3) is 4.19. The number of halogens is 3. The summed E-state index contributed by atoms with van der Waals surface area (Å²) < 4.78 is 85.5. The quantitative estimate of drug-likeness (QED) is 0.479. The molecule has 4 rings (SSSR count). The smallest absolute Gasteiger partial charge is 0.322 e. The van der Waals surface area contributed by atoms with Gasteiger partial charge in [0.25, 0.3) is 26.0 Å². The summed E-state index contributed by atoms with van der Waals surface area (Å²) in [4.78, 5) is 29.1. The summed E-state index contributed by atoms with van der Waals surface area (Å²) in [5.41, 5.74) is -6.19. The standard InChI is InChI=1S/C18H16F3N5O6S2/c19-18(20,21)33(29,30)13-3-1-12(2-4-13)26-15(27)17(24-16(26)28)9-11(17)7-10-5-6-23-14(8-10)25-34(22,31)32/h1-6,8,11H,7,9H2,(H,23,25)(H,24,28)(H2,22,31,32). The van der Waals surface area contributed by atoms with Crippen LogP contribution in [0.1, 0.15) is 12.0 Å². The molecule has 2 aliphatic rings. The Morgan fingerprint density at radius 2 is 1.79 bits per heavy atom. The van der Waals surface area contributed by atoms with Crippen molar-refractivity contribution < 1.29 is 39.6 Å². The molecule has 2 atom stereocenters. The number of alkyl halides is 3. The first kappa shape index (κ1) is 23.9. The third-order valence-electron chi connectivity index (χ3n) is 5.49. The van der Waals surface area contributed by atoms with E-state index in [2.05, 4.69) is 10.3 Å². The number of nitrogens with zero attached hydrogens (tertiary/aromatic N) is 2. The first-order valence-corrected chi connectivity index (χ1v) is 12.5. The van der Waals surface area contributed by atoms with E-state index >= 15 is 0 Å². The molecule has 0 bridgehead atoms. The van der Waals surface area contributed by atoms with Crippen LogP contribution in [0.25, 0.3) is 0 Å². The number of urea groups is 1. The molecule has 2 unspecified atom stereocenters. The van der Waals surface area contributed by atoms with Crippen molar-refractivity contribution in [3.8, 4) is 0 Å². The molecule has 1 saturated heterocycles. The molecule has 3 amide bonds. The normalized spacial score (nSPS) is 22.7. The number of sulfone groups is 1. The molecule has 4 N–H and O–H groups in total. The molecular weight excluding hydrogens is 503 g/mol. The van der Waals surface area contributed by atoms with Gasteiger partial charge in [0.2, 0.25) is 0 Å². The molecule has 2 fully saturated rings. The molecule has 182 valence electrons. The molecule has 2 heterocycles. The van der Waals surface area contributed by atoms with E-state index in [0.717, 1.165) is 17.0 Å². The van der Waals surface area contributed by atoms with Crippen molar-refractivity contribution in [2.75, 3.05) is 9.62 Å². The van der Waals surface area contributed by atoms with Crippen LogP contribution in [0.15, 0.2) is 47.5 Å². The number of hydrogen-bond donors (Lipinski definition) is 3. The predicted octanol–water partition coefficient (Wildman–Crippen LogP) is 1.05. The number of nitrogens with one attached hydrogen (secondary N) is 2. The van der Waals surface area contributed by atoms with Gasteiger partial charge >= 0.3 is 11.5 Å². The lowest BCUT2D eigenvalue weighted by molar-refractivity contribution is -0.119. The van der Waals surface area contributed by atoms with Crippen LogP contribution in [-0.2, 0) is 31.3 Å². The van der Waals surface area contributed by atoms with Crippen molar-refractivity contribution in [3.63, 3.8) is 0 Å². The minimum atomic E-state index is -5.57. The van der Waals surface area contributed by atoms with Crippen molar-refractivity contribution >= 4 is 43.5 Å². The Balaban J connectivity index is 1.51. The van der Waals surface area contributed by atoms with Crippen molar-refractivity contribution in [2.24, 2.45) is 11.1 Å². The van der Waals surface area contributed by atoms with Gasteiger partial charge in [-0.05, 0) is 60.7 Å². The fraction of sp³-hybridized carbons (Fsp3) is 0.278. The molecule has 0 radical (unpaired) electrons. The molecule has 1 spiro atoms. The zero-order valence-corrected chi connectivity index (χ0v) is 18.5. The number of carbonyl (C=O) groups excluding carboxylic acids is 2. The van der Waals surface area contributed by atoms with Crippen molar-refractivity contribution in [2.45, 2.75) is 28.8 Å². The molecular formula is C18H16F3N5O6S2. The van der Waals surface area contributed by atoms with Gasteiger partial charge < -0.3 is 5.32 Å². The molecule has 1 aliphatic carbocycles. The number of imide groups is 1. The summed E-state index contributed by atoms with van der Waals surface area (Å²) in [6.45, 7) is 0. The molecule has 1 aromatic carbocycles. The van der Waals surface area contributed by atoms with Gasteiger partial charge in [-0.1, -0.05) is 0 Å². The van der Waals surface area contributed by atoms with Gasteiger partial charge in [-0.25, -0.2) is 28.2 Å². The lowest BCUT2D eigenvalue weighted by atomic mass is 10.1. The number of pyridine rings is 1. The maximum absolute atomic E-state index is 13.0. The van der Waals surface area contributed by atoms with Crippen molar-refractivity contribution in [1.29, 1.82) is 0 Å². The zero-order valence-electron chi connectivity index (χ0n) is 16.9. The van der Waals surface area contributed by atoms with Crippen molar-refractivity contribution in [1.82, 2.24) is 10.3 Å². The summed E-state index contributed by atoms with van der Waals surface area (Å²) >= 11 is 0. The molecule has 1 aliphatic heterocycles. The lowest BCUT2D eigenvalue weighted by Crippen LogP contribution is -2.35. The Kier molecular flexibility index (Phi) is 5.37. The summed E-state index contributed by atoms with van der Waals surface area (Å²) in [5, 5.41) is 7.51. The lowest BCUT2D eigenvalue weighted by Gasteiger charge is -2.14. The van der Waals surface area contributed by atoms with E-state index in [1.165, 1.54) is 12.3 Å². The average Bonchev–Trinajstić information content (AvgIpc) is 3.32. The predicted molar refractivity (Wildman–Crippen MR) is 111 cm³/mol. The molecule has 16 heteroatoms. The first-order chi connectivity index (χ1) is 15.6. The van der Waals surface area contributed by atoms with Crippen LogP contribution in [0.2, 0.25) is 0 Å². The van der Waals surface area contributed by atoms with Gasteiger partial charge in [0.1, 0.15) is 11.4 Å².